The van der Waals surface area contributed by atoms with Gasteiger partial charge in [0, 0.05) is 17.9 Å². The maximum absolute atomic E-state index is 13.5. The molecule has 2 heterocycles. The lowest BCUT2D eigenvalue weighted by molar-refractivity contribution is -0.129. The van der Waals surface area contributed by atoms with Crippen LogP contribution in [0.4, 0.5) is 16.2 Å². The standard InChI is InChI=1S/C30H30N4O3/c1-21-9-7-14-24(17-21)32-30(37)31-19-29(36)34-26(23-10-3-2-4-11-23)18-27(28(34)20-35)33-16-8-13-22-12-5-6-15-25(22)33/h2-7,9-12,14-15,17,26-27H,8,13,16,18-19H2,1H3,(H2,31,32,37). The fraction of sp³-hybridized carbons (Fsp3) is 0.267. The first-order valence-corrected chi connectivity index (χ1v) is 12.6. The lowest BCUT2D eigenvalue weighted by Gasteiger charge is -2.36. The number of urea groups is 1. The van der Waals surface area contributed by atoms with Gasteiger partial charge in [-0.1, -0.05) is 60.7 Å². The van der Waals surface area contributed by atoms with E-state index in [-0.39, 0.29) is 24.5 Å². The highest BCUT2D eigenvalue weighted by Gasteiger charge is 2.45. The van der Waals surface area contributed by atoms with Crippen molar-refractivity contribution in [1.29, 1.82) is 0 Å². The van der Waals surface area contributed by atoms with Crippen LogP contribution < -0.4 is 15.5 Å². The number of carbonyl (C=O) groups excluding carboxylic acids is 3. The van der Waals surface area contributed by atoms with Gasteiger partial charge in [0.1, 0.15) is 11.6 Å². The average molecular weight is 495 g/mol. The van der Waals surface area contributed by atoms with Gasteiger partial charge in [0.25, 0.3) is 0 Å². The predicted octanol–water partition coefficient (Wildman–Crippen LogP) is 4.63. The molecule has 188 valence electrons. The summed E-state index contributed by atoms with van der Waals surface area (Å²) in [5, 5.41) is 5.41. The van der Waals surface area contributed by atoms with Crippen molar-refractivity contribution in [2.24, 2.45) is 0 Å². The van der Waals surface area contributed by atoms with Crippen molar-refractivity contribution in [2.75, 3.05) is 23.3 Å². The summed E-state index contributed by atoms with van der Waals surface area (Å²) in [7, 11) is 0. The van der Waals surface area contributed by atoms with Gasteiger partial charge in [0.05, 0.1) is 18.6 Å². The monoisotopic (exact) mass is 494 g/mol. The number of amides is 3. The van der Waals surface area contributed by atoms with Gasteiger partial charge in [-0.05, 0) is 61.1 Å². The molecular formula is C30H30N4O3. The number of benzene rings is 3. The van der Waals surface area contributed by atoms with Gasteiger partial charge in [-0.25, -0.2) is 9.59 Å². The van der Waals surface area contributed by atoms with Gasteiger partial charge in [0.2, 0.25) is 5.91 Å². The molecular weight excluding hydrogens is 464 g/mol. The summed E-state index contributed by atoms with van der Waals surface area (Å²) in [5.41, 5.74) is 5.27. The fourth-order valence-electron chi connectivity index (χ4n) is 5.44. The zero-order valence-electron chi connectivity index (χ0n) is 20.8. The number of fused-ring (bicyclic) bond motifs is 1. The molecule has 5 rings (SSSR count). The third-order valence-corrected chi connectivity index (χ3v) is 7.09. The number of carbonyl (C=O) groups is 2. The Kier molecular flexibility index (Phi) is 7.06. The van der Waals surface area contributed by atoms with Gasteiger partial charge in [-0.2, -0.15) is 0 Å². The van der Waals surface area contributed by atoms with E-state index < -0.39 is 6.03 Å². The van der Waals surface area contributed by atoms with Crippen LogP contribution in [0, 0.1) is 6.92 Å². The molecule has 2 atom stereocenters. The number of aryl methyl sites for hydroxylation is 2. The van der Waals surface area contributed by atoms with E-state index in [1.54, 1.807) is 6.07 Å². The van der Waals surface area contributed by atoms with E-state index in [4.69, 9.17) is 0 Å². The molecule has 2 unspecified atom stereocenters. The highest BCUT2D eigenvalue weighted by Crippen LogP contribution is 2.43. The number of nitrogens with zero attached hydrogens (tertiary/aromatic N) is 2. The number of hydrogen-bond donors (Lipinski definition) is 2. The quantitative estimate of drug-likeness (QED) is 0.507. The molecule has 7 nitrogen and oxygen atoms in total. The van der Waals surface area contributed by atoms with Crippen molar-refractivity contribution in [3.63, 3.8) is 0 Å². The van der Waals surface area contributed by atoms with Crippen molar-refractivity contribution in [1.82, 2.24) is 10.2 Å². The second-order valence-corrected chi connectivity index (χ2v) is 9.53. The van der Waals surface area contributed by atoms with Gasteiger partial charge < -0.3 is 15.5 Å². The van der Waals surface area contributed by atoms with Crippen LogP contribution in [-0.2, 0) is 16.0 Å². The Balaban J connectivity index is 1.38. The largest absolute Gasteiger partial charge is 0.362 e. The second kappa shape index (κ2) is 10.7. The Morgan fingerprint density at radius 1 is 0.973 bits per heavy atom. The molecule has 0 spiro atoms. The molecule has 1 saturated heterocycles. The summed E-state index contributed by atoms with van der Waals surface area (Å²) in [5.74, 6) is 1.76. The molecule has 0 radical (unpaired) electrons. The molecule has 2 aliphatic heterocycles. The van der Waals surface area contributed by atoms with E-state index >= 15 is 0 Å². The Morgan fingerprint density at radius 2 is 1.76 bits per heavy atom. The number of para-hydroxylation sites is 1. The van der Waals surface area contributed by atoms with E-state index in [1.165, 1.54) is 10.5 Å². The first kappa shape index (κ1) is 24.3. The van der Waals surface area contributed by atoms with E-state index in [9.17, 15) is 14.4 Å². The van der Waals surface area contributed by atoms with Crippen LogP contribution in [0.5, 0.6) is 0 Å². The van der Waals surface area contributed by atoms with Gasteiger partial charge in [-0.3, -0.25) is 9.69 Å². The predicted molar refractivity (Wildman–Crippen MR) is 144 cm³/mol. The van der Waals surface area contributed by atoms with Crippen molar-refractivity contribution < 1.29 is 14.4 Å². The summed E-state index contributed by atoms with van der Waals surface area (Å²) in [6.07, 6.45) is 2.54. The molecule has 3 aromatic rings. The van der Waals surface area contributed by atoms with Crippen LogP contribution in [0.3, 0.4) is 0 Å². The minimum atomic E-state index is -0.479. The van der Waals surface area contributed by atoms with Gasteiger partial charge in [-0.15, -0.1) is 0 Å². The van der Waals surface area contributed by atoms with Crippen molar-refractivity contribution in [3.05, 3.63) is 101 Å². The molecule has 0 aliphatic carbocycles. The average Bonchev–Trinajstić information content (AvgIpc) is 3.31. The number of likely N-dealkylation sites (tertiary alicyclic amines) is 1. The van der Waals surface area contributed by atoms with Crippen LogP contribution in [-0.4, -0.2) is 41.9 Å². The smallest absolute Gasteiger partial charge is 0.319 e. The van der Waals surface area contributed by atoms with E-state index in [0.29, 0.717) is 17.8 Å². The summed E-state index contributed by atoms with van der Waals surface area (Å²) < 4.78 is 0. The Morgan fingerprint density at radius 3 is 2.54 bits per heavy atom. The minimum absolute atomic E-state index is 0.241. The zero-order valence-corrected chi connectivity index (χ0v) is 20.8. The van der Waals surface area contributed by atoms with Crippen molar-refractivity contribution >= 4 is 29.3 Å². The highest BCUT2D eigenvalue weighted by atomic mass is 16.2. The topological polar surface area (TPSA) is 81.8 Å². The van der Waals surface area contributed by atoms with Crippen molar-refractivity contribution in [3.8, 4) is 0 Å². The summed E-state index contributed by atoms with van der Waals surface area (Å²) in [6.45, 7) is 2.50. The Bertz CT molecular complexity index is 1350. The lowest BCUT2D eigenvalue weighted by Crippen LogP contribution is -2.43. The molecule has 1 fully saturated rings. The van der Waals surface area contributed by atoms with E-state index in [0.717, 1.165) is 36.2 Å². The van der Waals surface area contributed by atoms with Gasteiger partial charge in [0.15, 0.2) is 0 Å². The third-order valence-electron chi connectivity index (χ3n) is 7.09. The first-order chi connectivity index (χ1) is 18.0. The second-order valence-electron chi connectivity index (χ2n) is 9.53. The van der Waals surface area contributed by atoms with Crippen LogP contribution in [0.15, 0.2) is 84.6 Å². The fourth-order valence-corrected chi connectivity index (χ4v) is 5.44. The first-order valence-electron chi connectivity index (χ1n) is 12.6. The Labute approximate surface area is 216 Å². The minimum Gasteiger partial charge on any atom is -0.362 e. The maximum Gasteiger partial charge on any atom is 0.319 e. The summed E-state index contributed by atoms with van der Waals surface area (Å²) in [6, 6.07) is 24.3. The molecule has 0 aromatic heterocycles. The molecule has 2 aliphatic rings. The number of hydrogen-bond acceptors (Lipinski definition) is 4. The normalized spacial score (nSPS) is 18.7. The molecule has 3 aromatic carbocycles. The zero-order chi connectivity index (χ0) is 25.8. The van der Waals surface area contributed by atoms with E-state index in [2.05, 4.69) is 33.6 Å². The van der Waals surface area contributed by atoms with Crippen LogP contribution in [0.1, 0.15) is 35.6 Å². The van der Waals surface area contributed by atoms with Crippen molar-refractivity contribution in [2.45, 2.75) is 38.3 Å². The highest BCUT2D eigenvalue weighted by molar-refractivity contribution is 5.93. The van der Waals surface area contributed by atoms with E-state index in [1.807, 2.05) is 67.6 Å². The lowest BCUT2D eigenvalue weighted by atomic mass is 9.97. The van der Waals surface area contributed by atoms with Crippen LogP contribution in [0.2, 0.25) is 0 Å². The van der Waals surface area contributed by atoms with Gasteiger partial charge >= 0.3 is 6.03 Å². The number of nitrogens with one attached hydrogen (secondary N) is 2. The summed E-state index contributed by atoms with van der Waals surface area (Å²) in [4.78, 5) is 42.2. The number of rotatable bonds is 5. The number of anilines is 2. The molecule has 2 N–H and O–H groups in total. The molecule has 3 amide bonds. The molecule has 7 heteroatoms. The van der Waals surface area contributed by atoms with Crippen LogP contribution in [0.25, 0.3) is 0 Å². The third kappa shape index (κ3) is 5.13. The Hall–Kier alpha value is -4.35. The summed E-state index contributed by atoms with van der Waals surface area (Å²) >= 11 is 0. The van der Waals surface area contributed by atoms with Crippen LogP contribution >= 0.6 is 0 Å². The SMILES string of the molecule is Cc1cccc(NC(=O)NCC(=O)N2C(=C=O)C(N3CCCc4ccccc43)CC2c2ccccc2)c1. The maximum atomic E-state index is 13.5. The molecule has 0 saturated carbocycles. The molecule has 0 bridgehead atoms. The molecule has 37 heavy (non-hydrogen) atoms.